The number of amides is 1. The van der Waals surface area contributed by atoms with Gasteiger partial charge >= 0.3 is 0 Å². The molecule has 1 amide bonds. The van der Waals surface area contributed by atoms with Crippen molar-refractivity contribution in [3.05, 3.63) is 86.6 Å². The lowest BCUT2D eigenvalue weighted by Crippen LogP contribution is -2.32. The molecule has 0 saturated heterocycles. The van der Waals surface area contributed by atoms with Gasteiger partial charge in [0.1, 0.15) is 17.2 Å². The summed E-state index contributed by atoms with van der Waals surface area (Å²) in [5, 5.41) is 14.6. The van der Waals surface area contributed by atoms with Crippen LogP contribution in [-0.2, 0) is 10.0 Å². The van der Waals surface area contributed by atoms with Gasteiger partial charge < -0.3 is 14.8 Å². The molecule has 1 aromatic heterocycles. The summed E-state index contributed by atoms with van der Waals surface area (Å²) < 4.78 is 47.9. The van der Waals surface area contributed by atoms with Gasteiger partial charge in [0.2, 0.25) is 10.0 Å². The third-order valence-electron chi connectivity index (χ3n) is 7.01. The minimum Gasteiger partial charge on any atom is -0.455 e. The maximum Gasteiger partial charge on any atom is 0.255 e. The number of aliphatic hydroxyl groups is 1. The average Bonchev–Trinajstić information content (AvgIpc) is 3.68. The van der Waals surface area contributed by atoms with Crippen LogP contribution in [0, 0.1) is 5.82 Å². The van der Waals surface area contributed by atoms with Crippen molar-refractivity contribution < 1.29 is 27.1 Å². The van der Waals surface area contributed by atoms with E-state index in [1.807, 2.05) is 6.07 Å². The fourth-order valence-electron chi connectivity index (χ4n) is 4.87. The highest BCUT2D eigenvalue weighted by atomic mass is 79.9. The van der Waals surface area contributed by atoms with Crippen molar-refractivity contribution in [2.75, 3.05) is 24.2 Å². The van der Waals surface area contributed by atoms with E-state index >= 15 is 0 Å². The largest absolute Gasteiger partial charge is 0.455 e. The lowest BCUT2D eigenvalue weighted by atomic mass is 10.00. The topological polar surface area (TPSA) is 99.8 Å². The van der Waals surface area contributed by atoms with Gasteiger partial charge in [0, 0.05) is 40.1 Å². The Labute approximate surface area is 245 Å². The van der Waals surface area contributed by atoms with E-state index < -0.39 is 21.9 Å². The van der Waals surface area contributed by atoms with Gasteiger partial charge in [-0.15, -0.1) is 0 Å². The summed E-state index contributed by atoms with van der Waals surface area (Å²) in [7, 11) is -2.25. The fourth-order valence-corrected chi connectivity index (χ4v) is 6.77. The number of carbonyl (C=O) groups is 1. The predicted molar refractivity (Wildman–Crippen MR) is 158 cm³/mol. The molecule has 1 unspecified atom stereocenters. The third-order valence-corrected chi connectivity index (χ3v) is 9.11. The van der Waals surface area contributed by atoms with Crippen molar-refractivity contribution >= 4 is 60.1 Å². The van der Waals surface area contributed by atoms with Gasteiger partial charge in [-0.25, -0.2) is 12.8 Å². The van der Waals surface area contributed by atoms with Gasteiger partial charge in [-0.2, -0.15) is 0 Å². The molecule has 5 rings (SSSR count). The van der Waals surface area contributed by atoms with Crippen molar-refractivity contribution in [2.24, 2.45) is 0 Å². The van der Waals surface area contributed by atoms with Crippen LogP contribution in [0.3, 0.4) is 0 Å². The number of fused-ring (bicyclic) bond motifs is 1. The van der Waals surface area contributed by atoms with Gasteiger partial charge in [0.05, 0.1) is 23.6 Å². The minimum absolute atomic E-state index is 0.00806. The van der Waals surface area contributed by atoms with E-state index in [1.165, 1.54) is 35.6 Å². The molecule has 0 aliphatic heterocycles. The van der Waals surface area contributed by atoms with E-state index in [-0.39, 0.29) is 30.6 Å². The number of hydrogen-bond acceptors (Lipinski definition) is 5. The van der Waals surface area contributed by atoms with Gasteiger partial charge in [-0.1, -0.05) is 33.6 Å². The number of hydrogen-bond donors (Lipinski definition) is 2. The molecule has 1 atom stereocenters. The number of nitrogens with one attached hydrogen (secondary N) is 1. The number of halogens is 3. The SMILES string of the molecule is CNC(=O)c1c(-c2ccc(F)cc2)oc2cc(N(CCC(O)c3ccc(Cl)cc3Br)S(C)(=O)=O)c(C3CC3)cc12. The normalized spacial score (nSPS) is 14.3. The molecule has 3 aromatic carbocycles. The number of anilines is 1. The van der Waals surface area contributed by atoms with E-state index in [0.717, 1.165) is 24.7 Å². The van der Waals surface area contributed by atoms with E-state index in [0.29, 0.717) is 42.8 Å². The summed E-state index contributed by atoms with van der Waals surface area (Å²) in [4.78, 5) is 13.0. The Bertz CT molecular complexity index is 1700. The summed E-state index contributed by atoms with van der Waals surface area (Å²) in [5.41, 5.74) is 2.97. The molecule has 0 radical (unpaired) electrons. The highest BCUT2D eigenvalue weighted by Gasteiger charge is 2.33. The molecule has 4 aromatic rings. The second-order valence-corrected chi connectivity index (χ2v) is 13.1. The van der Waals surface area contributed by atoms with Gasteiger partial charge in [-0.05, 0) is 78.8 Å². The smallest absolute Gasteiger partial charge is 0.255 e. The van der Waals surface area contributed by atoms with E-state index in [9.17, 15) is 22.7 Å². The molecule has 0 bridgehead atoms. The zero-order chi connectivity index (χ0) is 28.8. The van der Waals surface area contributed by atoms with Crippen LogP contribution in [0.15, 0.2) is 63.5 Å². The quantitative estimate of drug-likeness (QED) is 0.208. The molecule has 11 heteroatoms. The van der Waals surface area contributed by atoms with Gasteiger partial charge in [0.25, 0.3) is 5.91 Å². The van der Waals surface area contributed by atoms with E-state index in [1.54, 1.807) is 24.3 Å². The zero-order valence-corrected chi connectivity index (χ0v) is 24.9. The monoisotopic (exact) mass is 648 g/mol. The molecule has 0 spiro atoms. The maximum absolute atomic E-state index is 13.6. The Hall–Kier alpha value is -2.92. The molecule has 7 nitrogen and oxygen atoms in total. The average molecular weight is 650 g/mol. The van der Waals surface area contributed by atoms with Crippen LogP contribution in [-0.4, -0.2) is 39.3 Å². The first-order valence-corrected chi connectivity index (χ1v) is 15.7. The Balaban J connectivity index is 1.60. The van der Waals surface area contributed by atoms with E-state index in [2.05, 4.69) is 21.2 Å². The molecule has 210 valence electrons. The Morgan fingerprint density at radius 1 is 1.20 bits per heavy atom. The second kappa shape index (κ2) is 11.2. The molecule has 1 aliphatic carbocycles. The summed E-state index contributed by atoms with van der Waals surface area (Å²) >= 11 is 9.44. The first-order chi connectivity index (χ1) is 19.0. The highest BCUT2D eigenvalue weighted by Crippen LogP contribution is 2.48. The second-order valence-electron chi connectivity index (χ2n) is 9.88. The van der Waals surface area contributed by atoms with E-state index in [4.69, 9.17) is 16.0 Å². The minimum atomic E-state index is -3.76. The van der Waals surface area contributed by atoms with Crippen molar-refractivity contribution in [3.63, 3.8) is 0 Å². The number of aliphatic hydroxyl groups excluding tert-OH is 1. The summed E-state index contributed by atoms with van der Waals surface area (Å²) in [5.74, 6) is -0.400. The summed E-state index contributed by atoms with van der Waals surface area (Å²) in [6.45, 7) is 0.00806. The molecule has 1 saturated carbocycles. The Morgan fingerprint density at radius 3 is 2.50 bits per heavy atom. The summed E-state index contributed by atoms with van der Waals surface area (Å²) in [6, 6.07) is 14.1. The number of rotatable bonds is 9. The highest BCUT2D eigenvalue weighted by molar-refractivity contribution is 9.10. The van der Waals surface area contributed by atoms with Crippen LogP contribution in [0.5, 0.6) is 0 Å². The molecule has 1 heterocycles. The van der Waals surface area contributed by atoms with Crippen molar-refractivity contribution in [1.82, 2.24) is 5.32 Å². The molecule has 1 aliphatic rings. The number of benzene rings is 3. The molecular weight excluding hydrogens is 623 g/mol. The first kappa shape index (κ1) is 28.6. The predicted octanol–water partition coefficient (Wildman–Crippen LogP) is 6.78. The van der Waals surface area contributed by atoms with Crippen LogP contribution in [0.1, 0.15) is 52.8 Å². The number of sulfonamides is 1. The lowest BCUT2D eigenvalue weighted by Gasteiger charge is -2.26. The van der Waals surface area contributed by atoms with Crippen molar-refractivity contribution in [2.45, 2.75) is 31.3 Å². The maximum atomic E-state index is 13.6. The van der Waals surface area contributed by atoms with Crippen molar-refractivity contribution in [3.8, 4) is 11.3 Å². The van der Waals surface area contributed by atoms with Crippen LogP contribution >= 0.6 is 27.5 Å². The zero-order valence-electron chi connectivity index (χ0n) is 21.7. The molecule has 1 fully saturated rings. The summed E-state index contributed by atoms with van der Waals surface area (Å²) in [6.07, 6.45) is 2.07. The van der Waals surface area contributed by atoms with Crippen molar-refractivity contribution in [1.29, 1.82) is 0 Å². The standard InChI is InChI=1S/C29H27BrClFN2O5S/c1-33-29(36)27-22-14-21(16-3-4-16)24(15-26(22)39-28(27)17-5-8-19(32)9-6-17)34(40(2,37)38)12-11-25(35)20-10-7-18(31)13-23(20)30/h5-10,13-16,25,35H,3-4,11-12H2,1-2H3,(H,33,36). The van der Waals surface area contributed by atoms with Gasteiger partial charge in [0.15, 0.2) is 0 Å². The fraction of sp³-hybridized carbons (Fsp3) is 0.276. The molecule has 2 N–H and O–H groups in total. The first-order valence-electron chi connectivity index (χ1n) is 12.7. The Morgan fingerprint density at radius 2 is 1.90 bits per heavy atom. The molecular formula is C29H27BrClFN2O5S. The van der Waals surface area contributed by atoms with Gasteiger partial charge in [-0.3, -0.25) is 9.10 Å². The van der Waals surface area contributed by atoms with Crippen LogP contribution in [0.4, 0.5) is 10.1 Å². The number of furan rings is 1. The van der Waals surface area contributed by atoms with Crippen LogP contribution < -0.4 is 9.62 Å². The van der Waals surface area contributed by atoms with Crippen LogP contribution in [0.2, 0.25) is 5.02 Å². The number of nitrogens with zero attached hydrogens (tertiary/aromatic N) is 1. The third kappa shape index (κ3) is 5.76. The lowest BCUT2D eigenvalue weighted by molar-refractivity contribution is 0.0964. The molecule has 40 heavy (non-hydrogen) atoms. The van der Waals surface area contributed by atoms with Crippen LogP contribution in [0.25, 0.3) is 22.3 Å². The number of carbonyl (C=O) groups excluding carboxylic acids is 1. The Kier molecular flexibility index (Phi) is 7.98.